The SMILES string of the molecule is CCCCCC1OC(C)CS1. The molecule has 2 heteroatoms. The van der Waals surface area contributed by atoms with E-state index in [1.54, 1.807) is 0 Å². The first-order valence-electron chi connectivity index (χ1n) is 4.60. The zero-order chi connectivity index (χ0) is 8.10. The maximum Gasteiger partial charge on any atom is 0.103 e. The van der Waals surface area contributed by atoms with Crippen molar-refractivity contribution in [3.8, 4) is 0 Å². The molecule has 0 aromatic rings. The zero-order valence-corrected chi connectivity index (χ0v) is 8.32. The zero-order valence-electron chi connectivity index (χ0n) is 7.51. The van der Waals surface area contributed by atoms with E-state index in [0.29, 0.717) is 11.5 Å². The Balaban J connectivity index is 1.99. The summed E-state index contributed by atoms with van der Waals surface area (Å²) in [5, 5.41) is 0. The van der Waals surface area contributed by atoms with Crippen LogP contribution in [0, 0.1) is 0 Å². The Morgan fingerprint density at radius 2 is 2.27 bits per heavy atom. The van der Waals surface area contributed by atoms with Gasteiger partial charge < -0.3 is 4.74 Å². The van der Waals surface area contributed by atoms with Gasteiger partial charge in [-0.15, -0.1) is 11.8 Å². The first-order valence-corrected chi connectivity index (χ1v) is 5.65. The lowest BCUT2D eigenvalue weighted by Crippen LogP contribution is -2.07. The van der Waals surface area contributed by atoms with Gasteiger partial charge in [0.05, 0.1) is 6.10 Å². The summed E-state index contributed by atoms with van der Waals surface area (Å²) < 4.78 is 5.67. The highest BCUT2D eigenvalue weighted by Crippen LogP contribution is 2.28. The molecular weight excluding hydrogens is 156 g/mol. The van der Waals surface area contributed by atoms with Gasteiger partial charge in [0, 0.05) is 5.75 Å². The maximum absolute atomic E-state index is 5.67. The second-order valence-electron chi connectivity index (χ2n) is 3.21. The monoisotopic (exact) mass is 174 g/mol. The molecule has 0 radical (unpaired) electrons. The first kappa shape index (κ1) is 9.40. The third-order valence-corrected chi connectivity index (χ3v) is 3.32. The summed E-state index contributed by atoms with van der Waals surface area (Å²) in [7, 11) is 0. The highest BCUT2D eigenvalue weighted by atomic mass is 32.2. The molecule has 0 amide bonds. The number of rotatable bonds is 4. The van der Waals surface area contributed by atoms with E-state index in [4.69, 9.17) is 4.74 Å². The highest BCUT2D eigenvalue weighted by molar-refractivity contribution is 8.00. The van der Waals surface area contributed by atoms with Crippen molar-refractivity contribution in [2.45, 2.75) is 51.1 Å². The lowest BCUT2D eigenvalue weighted by atomic mass is 10.2. The molecule has 0 saturated carbocycles. The van der Waals surface area contributed by atoms with E-state index >= 15 is 0 Å². The van der Waals surface area contributed by atoms with Crippen LogP contribution in [0.1, 0.15) is 39.5 Å². The molecule has 0 aromatic heterocycles. The molecule has 0 aliphatic carbocycles. The van der Waals surface area contributed by atoms with E-state index in [1.165, 1.54) is 31.4 Å². The van der Waals surface area contributed by atoms with Crippen LogP contribution in [-0.4, -0.2) is 17.3 Å². The van der Waals surface area contributed by atoms with Gasteiger partial charge in [-0.05, 0) is 13.3 Å². The normalized spacial score (nSPS) is 31.1. The highest BCUT2D eigenvalue weighted by Gasteiger charge is 2.21. The van der Waals surface area contributed by atoms with Crippen LogP contribution in [0.15, 0.2) is 0 Å². The lowest BCUT2D eigenvalue weighted by molar-refractivity contribution is 0.0730. The van der Waals surface area contributed by atoms with E-state index in [2.05, 4.69) is 13.8 Å². The van der Waals surface area contributed by atoms with E-state index in [9.17, 15) is 0 Å². The van der Waals surface area contributed by atoms with Gasteiger partial charge >= 0.3 is 0 Å². The number of hydrogen-bond acceptors (Lipinski definition) is 2. The smallest absolute Gasteiger partial charge is 0.103 e. The Labute approximate surface area is 73.9 Å². The second-order valence-corrected chi connectivity index (χ2v) is 4.40. The van der Waals surface area contributed by atoms with E-state index in [-0.39, 0.29) is 0 Å². The standard InChI is InChI=1S/C9H18OS/c1-3-4-5-6-9-10-8(2)7-11-9/h8-9H,3-7H2,1-2H3. The van der Waals surface area contributed by atoms with Gasteiger partial charge in [0.2, 0.25) is 0 Å². The minimum absolute atomic E-state index is 0.492. The van der Waals surface area contributed by atoms with Gasteiger partial charge in [0.25, 0.3) is 0 Å². The molecule has 1 aliphatic heterocycles. The average Bonchev–Trinajstić information content (AvgIpc) is 2.37. The lowest BCUT2D eigenvalue weighted by Gasteiger charge is -2.08. The van der Waals surface area contributed by atoms with Crippen LogP contribution in [0.25, 0.3) is 0 Å². The number of hydrogen-bond donors (Lipinski definition) is 0. The molecule has 66 valence electrons. The second kappa shape index (κ2) is 5.04. The van der Waals surface area contributed by atoms with Gasteiger partial charge in [0.15, 0.2) is 0 Å². The summed E-state index contributed by atoms with van der Waals surface area (Å²) in [4.78, 5) is 0. The van der Waals surface area contributed by atoms with Crippen molar-refractivity contribution >= 4 is 11.8 Å². The summed E-state index contributed by atoms with van der Waals surface area (Å²) >= 11 is 1.98. The van der Waals surface area contributed by atoms with E-state index in [0.717, 1.165) is 0 Å². The van der Waals surface area contributed by atoms with Crippen molar-refractivity contribution in [3.63, 3.8) is 0 Å². The molecule has 1 aliphatic rings. The average molecular weight is 174 g/mol. The van der Waals surface area contributed by atoms with Crippen molar-refractivity contribution in [3.05, 3.63) is 0 Å². The molecule has 1 rings (SSSR count). The topological polar surface area (TPSA) is 9.23 Å². The molecule has 1 heterocycles. The van der Waals surface area contributed by atoms with Crippen molar-refractivity contribution in [2.75, 3.05) is 5.75 Å². The molecule has 1 saturated heterocycles. The van der Waals surface area contributed by atoms with Crippen LogP contribution in [0.5, 0.6) is 0 Å². The Morgan fingerprint density at radius 3 is 2.82 bits per heavy atom. The fourth-order valence-electron chi connectivity index (χ4n) is 1.29. The van der Waals surface area contributed by atoms with Gasteiger partial charge in [-0.2, -0.15) is 0 Å². The summed E-state index contributed by atoms with van der Waals surface area (Å²) in [5.41, 5.74) is 0.511. The number of thioether (sulfide) groups is 1. The fraction of sp³-hybridized carbons (Fsp3) is 1.00. The van der Waals surface area contributed by atoms with Gasteiger partial charge in [-0.1, -0.05) is 26.2 Å². The Morgan fingerprint density at radius 1 is 1.45 bits per heavy atom. The maximum atomic E-state index is 5.67. The summed E-state index contributed by atoms with van der Waals surface area (Å²) in [6, 6.07) is 0. The summed E-state index contributed by atoms with van der Waals surface area (Å²) in [5.74, 6) is 1.19. The number of unbranched alkanes of at least 4 members (excludes halogenated alkanes) is 2. The quantitative estimate of drug-likeness (QED) is 0.606. The Bertz CT molecular complexity index is 106. The van der Waals surface area contributed by atoms with Crippen molar-refractivity contribution in [1.82, 2.24) is 0 Å². The molecule has 11 heavy (non-hydrogen) atoms. The predicted octanol–water partition coefficient (Wildman–Crippen LogP) is 3.04. The molecule has 0 aromatic carbocycles. The minimum atomic E-state index is 0.492. The largest absolute Gasteiger partial charge is 0.364 e. The van der Waals surface area contributed by atoms with Crippen LogP contribution >= 0.6 is 11.8 Å². The van der Waals surface area contributed by atoms with Crippen molar-refractivity contribution < 1.29 is 4.74 Å². The van der Waals surface area contributed by atoms with Gasteiger partial charge in [-0.25, -0.2) is 0 Å². The van der Waals surface area contributed by atoms with Crippen LogP contribution < -0.4 is 0 Å². The number of ether oxygens (including phenoxy) is 1. The third kappa shape index (κ3) is 3.48. The molecule has 2 unspecified atom stereocenters. The van der Waals surface area contributed by atoms with Crippen LogP contribution in [-0.2, 0) is 4.74 Å². The van der Waals surface area contributed by atoms with Crippen molar-refractivity contribution in [2.24, 2.45) is 0 Å². The van der Waals surface area contributed by atoms with E-state index in [1.807, 2.05) is 11.8 Å². The molecule has 1 nitrogen and oxygen atoms in total. The Hall–Kier alpha value is 0.310. The molecular formula is C9H18OS. The fourth-order valence-corrected chi connectivity index (χ4v) is 2.46. The van der Waals surface area contributed by atoms with Crippen LogP contribution in [0.2, 0.25) is 0 Å². The Kier molecular flexibility index (Phi) is 4.31. The van der Waals surface area contributed by atoms with Crippen molar-refractivity contribution in [1.29, 1.82) is 0 Å². The van der Waals surface area contributed by atoms with Crippen LogP contribution in [0.4, 0.5) is 0 Å². The molecule has 0 N–H and O–H groups in total. The molecule has 0 spiro atoms. The van der Waals surface area contributed by atoms with Crippen LogP contribution in [0.3, 0.4) is 0 Å². The molecule has 2 atom stereocenters. The minimum Gasteiger partial charge on any atom is -0.364 e. The van der Waals surface area contributed by atoms with Gasteiger partial charge in [0.1, 0.15) is 5.44 Å². The van der Waals surface area contributed by atoms with Gasteiger partial charge in [-0.3, -0.25) is 0 Å². The predicted molar refractivity (Wildman–Crippen MR) is 50.9 cm³/mol. The summed E-state index contributed by atoms with van der Waals surface area (Å²) in [6.07, 6.45) is 5.75. The van der Waals surface area contributed by atoms with E-state index < -0.39 is 0 Å². The summed E-state index contributed by atoms with van der Waals surface area (Å²) in [6.45, 7) is 4.40. The molecule has 1 fully saturated rings. The third-order valence-electron chi connectivity index (χ3n) is 1.94. The molecule has 0 bridgehead atoms. The first-order chi connectivity index (χ1) is 5.33.